The van der Waals surface area contributed by atoms with Crippen molar-refractivity contribution in [3.8, 4) is 28.6 Å². The number of nitrogens with one attached hydrogen (secondary N) is 1. The number of hydrogen-bond donors (Lipinski definition) is 3. The largest absolute Gasteiger partial charge is 0.505 e. The third kappa shape index (κ3) is 2.65. The lowest BCUT2D eigenvalue weighted by Crippen LogP contribution is -2.09. The molecule has 0 saturated carbocycles. The number of imidazole rings is 1. The first-order valence-electron chi connectivity index (χ1n) is 8.45. The number of aromatic hydroxyl groups is 1. The molecular weight excluding hydrogens is 328 g/mol. The lowest BCUT2D eigenvalue weighted by molar-refractivity contribution is 0.242. The maximum atomic E-state index is 10.5. The Kier molecular flexibility index (Phi) is 3.80. The van der Waals surface area contributed by atoms with Crippen molar-refractivity contribution in [1.82, 2.24) is 14.5 Å². The normalized spacial score (nSPS) is 11.3. The highest BCUT2D eigenvalue weighted by Crippen LogP contribution is 2.39. The lowest BCUT2D eigenvalue weighted by Gasteiger charge is -2.15. The number of anilines is 1. The van der Waals surface area contributed by atoms with Crippen molar-refractivity contribution >= 4 is 16.9 Å². The molecule has 0 fully saturated rings. The predicted octanol–water partition coefficient (Wildman–Crippen LogP) is 4.10. The van der Waals surface area contributed by atoms with Crippen LogP contribution in [-0.2, 0) is 0 Å². The molecule has 2 aromatic carbocycles. The van der Waals surface area contributed by atoms with E-state index in [1.807, 2.05) is 62.4 Å². The second-order valence-corrected chi connectivity index (χ2v) is 6.38. The summed E-state index contributed by atoms with van der Waals surface area (Å²) in [7, 11) is 0. The molecule has 0 aliphatic rings. The van der Waals surface area contributed by atoms with E-state index in [1.165, 1.54) is 0 Å². The number of para-hydroxylation sites is 4. The van der Waals surface area contributed by atoms with E-state index in [1.54, 1.807) is 10.8 Å². The summed E-state index contributed by atoms with van der Waals surface area (Å²) in [5, 5.41) is 10.5. The maximum absolute atomic E-state index is 10.5. The van der Waals surface area contributed by atoms with Gasteiger partial charge in [0.2, 0.25) is 0 Å². The molecule has 132 valence electrons. The summed E-state index contributed by atoms with van der Waals surface area (Å²) < 4.78 is 7.59. The van der Waals surface area contributed by atoms with Crippen molar-refractivity contribution in [2.24, 2.45) is 0 Å². The van der Waals surface area contributed by atoms with Crippen LogP contribution in [0.25, 0.3) is 28.1 Å². The van der Waals surface area contributed by atoms with Crippen LogP contribution in [0.5, 0.6) is 11.5 Å². The van der Waals surface area contributed by atoms with E-state index in [0.717, 1.165) is 16.7 Å². The fourth-order valence-corrected chi connectivity index (χ4v) is 3.03. The first-order valence-corrected chi connectivity index (χ1v) is 8.45. The van der Waals surface area contributed by atoms with E-state index in [2.05, 4.69) is 9.97 Å². The Morgan fingerprint density at radius 1 is 1.12 bits per heavy atom. The Balaban J connectivity index is 1.85. The highest BCUT2D eigenvalue weighted by Gasteiger charge is 2.20. The monoisotopic (exact) mass is 348 g/mol. The quantitative estimate of drug-likeness (QED) is 0.518. The van der Waals surface area contributed by atoms with Gasteiger partial charge in [-0.3, -0.25) is 4.57 Å². The van der Waals surface area contributed by atoms with Gasteiger partial charge in [0.15, 0.2) is 0 Å². The van der Waals surface area contributed by atoms with Crippen LogP contribution in [0.15, 0.2) is 54.7 Å². The number of ether oxygens (including phenoxy) is 1. The average molecular weight is 348 g/mol. The highest BCUT2D eigenvalue weighted by molar-refractivity contribution is 5.85. The summed E-state index contributed by atoms with van der Waals surface area (Å²) in [6.07, 6.45) is 1.61. The van der Waals surface area contributed by atoms with Crippen molar-refractivity contribution in [1.29, 1.82) is 0 Å². The van der Waals surface area contributed by atoms with Crippen LogP contribution in [0.4, 0.5) is 5.82 Å². The molecular formula is C20H20N4O2. The summed E-state index contributed by atoms with van der Waals surface area (Å²) in [5.74, 6) is 1.67. The number of H-pyrrole nitrogens is 1. The number of aromatic amines is 1. The number of nitrogens with two attached hydrogens (primary N) is 1. The number of nitrogens with zero attached hydrogens (tertiary/aromatic N) is 2. The molecule has 6 heteroatoms. The molecule has 2 aromatic heterocycles. The predicted molar refractivity (Wildman–Crippen MR) is 103 cm³/mol. The van der Waals surface area contributed by atoms with Crippen LogP contribution >= 0.6 is 0 Å². The van der Waals surface area contributed by atoms with Gasteiger partial charge in [-0.25, -0.2) is 4.98 Å². The van der Waals surface area contributed by atoms with Gasteiger partial charge in [-0.05, 0) is 38.1 Å². The maximum Gasteiger partial charge on any atom is 0.146 e. The van der Waals surface area contributed by atoms with Crippen LogP contribution in [0.3, 0.4) is 0 Å². The van der Waals surface area contributed by atoms with Crippen molar-refractivity contribution in [2.75, 3.05) is 5.73 Å². The standard InChI is InChI=1S/C20H20N4O2/c1-12(2)26-17-10-6-5-9-15(17)24-11-16(25)18(19(24)21)20-22-13-7-3-4-8-14(13)23-20/h3-12,25H,21H2,1-2H3,(H,22,23). The number of benzene rings is 2. The molecule has 0 spiro atoms. The molecule has 0 aliphatic carbocycles. The smallest absolute Gasteiger partial charge is 0.146 e. The molecule has 0 saturated heterocycles. The molecule has 0 bridgehead atoms. The number of fused-ring (bicyclic) bond motifs is 1. The summed E-state index contributed by atoms with van der Waals surface area (Å²) in [6, 6.07) is 15.3. The Hall–Kier alpha value is -3.41. The SMILES string of the molecule is CC(C)Oc1ccccc1-n1cc(O)c(-c2nc3ccccc3[nH]2)c1N. The van der Waals surface area contributed by atoms with E-state index < -0.39 is 0 Å². The van der Waals surface area contributed by atoms with E-state index >= 15 is 0 Å². The molecule has 2 heterocycles. The topological polar surface area (TPSA) is 89.1 Å². The van der Waals surface area contributed by atoms with Gasteiger partial charge in [0.25, 0.3) is 0 Å². The molecule has 0 atom stereocenters. The van der Waals surface area contributed by atoms with Crippen LogP contribution in [-0.4, -0.2) is 25.7 Å². The lowest BCUT2D eigenvalue weighted by atomic mass is 10.2. The van der Waals surface area contributed by atoms with E-state index in [9.17, 15) is 5.11 Å². The van der Waals surface area contributed by atoms with Gasteiger partial charge < -0.3 is 20.6 Å². The highest BCUT2D eigenvalue weighted by atomic mass is 16.5. The minimum absolute atomic E-state index is 0.0244. The minimum Gasteiger partial charge on any atom is -0.505 e. The van der Waals surface area contributed by atoms with Gasteiger partial charge in [-0.15, -0.1) is 0 Å². The van der Waals surface area contributed by atoms with Gasteiger partial charge in [-0.1, -0.05) is 24.3 Å². The van der Waals surface area contributed by atoms with E-state index in [0.29, 0.717) is 23.0 Å². The molecule has 0 amide bonds. The van der Waals surface area contributed by atoms with Gasteiger partial charge in [-0.2, -0.15) is 0 Å². The molecule has 4 rings (SSSR count). The van der Waals surface area contributed by atoms with Crippen LogP contribution < -0.4 is 10.5 Å². The molecule has 26 heavy (non-hydrogen) atoms. The number of nitrogen functional groups attached to an aromatic ring is 1. The molecule has 0 unspecified atom stereocenters. The van der Waals surface area contributed by atoms with Crippen molar-refractivity contribution in [3.63, 3.8) is 0 Å². The fraction of sp³-hybridized carbons (Fsp3) is 0.150. The number of rotatable bonds is 4. The molecule has 6 nitrogen and oxygen atoms in total. The Labute approximate surface area is 150 Å². The summed E-state index contributed by atoms with van der Waals surface area (Å²) >= 11 is 0. The second-order valence-electron chi connectivity index (χ2n) is 6.38. The first-order chi connectivity index (χ1) is 12.5. The first kappa shape index (κ1) is 16.1. The Bertz CT molecular complexity index is 1050. The second kappa shape index (κ2) is 6.15. The van der Waals surface area contributed by atoms with E-state index in [-0.39, 0.29) is 11.9 Å². The van der Waals surface area contributed by atoms with Crippen molar-refractivity contribution < 1.29 is 9.84 Å². The molecule has 4 aromatic rings. The summed E-state index contributed by atoms with van der Waals surface area (Å²) in [5.41, 5.74) is 9.31. The minimum atomic E-state index is 0.0244. The fourth-order valence-electron chi connectivity index (χ4n) is 3.03. The summed E-state index contributed by atoms with van der Waals surface area (Å²) in [6.45, 7) is 3.93. The van der Waals surface area contributed by atoms with Crippen molar-refractivity contribution in [2.45, 2.75) is 20.0 Å². The van der Waals surface area contributed by atoms with Crippen LogP contribution in [0.2, 0.25) is 0 Å². The van der Waals surface area contributed by atoms with Gasteiger partial charge in [0.05, 0.1) is 29.0 Å². The third-order valence-electron chi connectivity index (χ3n) is 4.14. The average Bonchev–Trinajstić information content (AvgIpc) is 3.15. The van der Waals surface area contributed by atoms with E-state index in [4.69, 9.17) is 10.5 Å². The van der Waals surface area contributed by atoms with Gasteiger partial charge in [0, 0.05) is 0 Å². The van der Waals surface area contributed by atoms with Crippen molar-refractivity contribution in [3.05, 3.63) is 54.7 Å². The summed E-state index contributed by atoms with van der Waals surface area (Å²) in [4.78, 5) is 7.75. The zero-order valence-corrected chi connectivity index (χ0v) is 14.6. The number of hydrogen-bond acceptors (Lipinski definition) is 4. The molecule has 0 radical (unpaired) electrons. The van der Waals surface area contributed by atoms with Crippen LogP contribution in [0.1, 0.15) is 13.8 Å². The Morgan fingerprint density at radius 2 is 1.85 bits per heavy atom. The zero-order valence-electron chi connectivity index (χ0n) is 14.6. The molecule has 4 N–H and O–H groups in total. The molecule has 0 aliphatic heterocycles. The Morgan fingerprint density at radius 3 is 2.62 bits per heavy atom. The van der Waals surface area contributed by atoms with Crippen LogP contribution in [0, 0.1) is 0 Å². The number of aromatic nitrogens is 3. The van der Waals surface area contributed by atoms with Gasteiger partial charge >= 0.3 is 0 Å². The zero-order chi connectivity index (χ0) is 18.3. The van der Waals surface area contributed by atoms with Gasteiger partial charge in [0.1, 0.15) is 28.7 Å². The third-order valence-corrected chi connectivity index (χ3v) is 4.14.